The Morgan fingerprint density at radius 2 is 2.20 bits per heavy atom. The predicted molar refractivity (Wildman–Crippen MR) is 64.6 cm³/mol. The molecule has 1 aromatic rings. The van der Waals surface area contributed by atoms with Gasteiger partial charge in [-0.3, -0.25) is 0 Å². The van der Waals surface area contributed by atoms with Crippen LogP contribution in [-0.4, -0.2) is 12.6 Å². The summed E-state index contributed by atoms with van der Waals surface area (Å²) in [5.41, 5.74) is 6.69. The average Bonchev–Trinajstić information content (AvgIpc) is 2.18. The topological polar surface area (TPSA) is 35.2 Å². The first-order valence-electron chi connectivity index (χ1n) is 5.24. The van der Waals surface area contributed by atoms with Crippen molar-refractivity contribution in [3.8, 4) is 5.75 Å². The molecule has 2 N–H and O–H groups in total. The van der Waals surface area contributed by atoms with Crippen LogP contribution >= 0.6 is 11.6 Å². The van der Waals surface area contributed by atoms with Gasteiger partial charge in [-0.2, -0.15) is 0 Å². The molecule has 0 radical (unpaired) electrons. The number of ether oxygens (including phenoxy) is 1. The Morgan fingerprint density at radius 1 is 1.47 bits per heavy atom. The Balaban J connectivity index is 2.35. The number of hydrogen-bond donors (Lipinski definition) is 1. The van der Waals surface area contributed by atoms with Crippen molar-refractivity contribution < 1.29 is 4.74 Å². The number of benzene rings is 1. The second kappa shape index (κ2) is 5.99. The SMILES string of the molecule is Cc1cc(OCCCC(C)N)ccc1Cl. The molecule has 0 fully saturated rings. The van der Waals surface area contributed by atoms with Gasteiger partial charge in [0, 0.05) is 11.1 Å². The Morgan fingerprint density at radius 3 is 2.80 bits per heavy atom. The van der Waals surface area contributed by atoms with Crippen molar-refractivity contribution in [2.24, 2.45) is 5.73 Å². The molecule has 0 amide bonds. The molecule has 2 nitrogen and oxygen atoms in total. The molecule has 0 spiro atoms. The molecular formula is C12H18ClNO. The fraction of sp³-hybridized carbons (Fsp3) is 0.500. The van der Waals surface area contributed by atoms with E-state index in [2.05, 4.69) is 0 Å². The third-order valence-electron chi connectivity index (χ3n) is 2.20. The Hall–Kier alpha value is -0.730. The summed E-state index contributed by atoms with van der Waals surface area (Å²) in [4.78, 5) is 0. The molecule has 1 unspecified atom stereocenters. The predicted octanol–water partition coefficient (Wildman–Crippen LogP) is 3.15. The van der Waals surface area contributed by atoms with Crippen LogP contribution in [0.2, 0.25) is 5.02 Å². The van der Waals surface area contributed by atoms with Crippen LogP contribution in [-0.2, 0) is 0 Å². The minimum absolute atomic E-state index is 0.251. The molecule has 0 saturated carbocycles. The Kier molecular flexibility index (Phi) is 4.92. The molecule has 15 heavy (non-hydrogen) atoms. The van der Waals surface area contributed by atoms with E-state index in [0.29, 0.717) is 6.61 Å². The molecule has 1 atom stereocenters. The molecular weight excluding hydrogens is 210 g/mol. The van der Waals surface area contributed by atoms with Gasteiger partial charge in [-0.1, -0.05) is 11.6 Å². The van der Waals surface area contributed by atoms with Crippen molar-refractivity contribution in [2.45, 2.75) is 32.7 Å². The molecule has 0 bridgehead atoms. The maximum absolute atomic E-state index is 5.91. The Labute approximate surface area is 96.4 Å². The lowest BCUT2D eigenvalue weighted by Crippen LogP contribution is -2.15. The molecule has 0 aliphatic rings. The van der Waals surface area contributed by atoms with Crippen molar-refractivity contribution in [2.75, 3.05) is 6.61 Å². The van der Waals surface area contributed by atoms with E-state index in [1.165, 1.54) is 0 Å². The lowest BCUT2D eigenvalue weighted by molar-refractivity contribution is 0.302. The first kappa shape index (κ1) is 12.3. The van der Waals surface area contributed by atoms with Crippen molar-refractivity contribution in [1.82, 2.24) is 0 Å². The summed E-state index contributed by atoms with van der Waals surface area (Å²) in [6.07, 6.45) is 1.98. The fourth-order valence-corrected chi connectivity index (χ4v) is 1.42. The van der Waals surface area contributed by atoms with Crippen molar-refractivity contribution in [3.05, 3.63) is 28.8 Å². The van der Waals surface area contributed by atoms with Crippen LogP contribution in [0, 0.1) is 6.92 Å². The quantitative estimate of drug-likeness (QED) is 0.785. The van der Waals surface area contributed by atoms with Gasteiger partial charge in [-0.25, -0.2) is 0 Å². The zero-order chi connectivity index (χ0) is 11.3. The third kappa shape index (κ3) is 4.54. The lowest BCUT2D eigenvalue weighted by atomic mass is 10.2. The van der Waals surface area contributed by atoms with Crippen LogP contribution in [0.3, 0.4) is 0 Å². The van der Waals surface area contributed by atoms with Crippen LogP contribution in [0.15, 0.2) is 18.2 Å². The van der Waals surface area contributed by atoms with Gasteiger partial charge in [0.1, 0.15) is 5.75 Å². The van der Waals surface area contributed by atoms with E-state index >= 15 is 0 Å². The van der Waals surface area contributed by atoms with Crippen LogP contribution in [0.4, 0.5) is 0 Å². The summed E-state index contributed by atoms with van der Waals surface area (Å²) in [6.45, 7) is 4.69. The number of hydrogen-bond acceptors (Lipinski definition) is 2. The maximum Gasteiger partial charge on any atom is 0.119 e. The third-order valence-corrected chi connectivity index (χ3v) is 2.63. The summed E-state index contributed by atoms with van der Waals surface area (Å²) in [6, 6.07) is 5.95. The summed E-state index contributed by atoms with van der Waals surface area (Å²) in [7, 11) is 0. The first-order valence-corrected chi connectivity index (χ1v) is 5.62. The second-order valence-corrected chi connectivity index (χ2v) is 4.29. The van der Waals surface area contributed by atoms with E-state index in [4.69, 9.17) is 22.1 Å². The number of aryl methyl sites for hydroxylation is 1. The van der Waals surface area contributed by atoms with Gasteiger partial charge >= 0.3 is 0 Å². The second-order valence-electron chi connectivity index (χ2n) is 3.88. The molecule has 0 aliphatic heterocycles. The zero-order valence-electron chi connectivity index (χ0n) is 9.29. The normalized spacial score (nSPS) is 12.5. The van der Waals surface area contributed by atoms with Crippen molar-refractivity contribution in [3.63, 3.8) is 0 Å². The largest absolute Gasteiger partial charge is 0.494 e. The van der Waals surface area contributed by atoms with Gasteiger partial charge in [0.2, 0.25) is 0 Å². The van der Waals surface area contributed by atoms with Gasteiger partial charge in [-0.15, -0.1) is 0 Å². The van der Waals surface area contributed by atoms with E-state index in [1.54, 1.807) is 0 Å². The van der Waals surface area contributed by atoms with E-state index in [-0.39, 0.29) is 6.04 Å². The molecule has 3 heteroatoms. The molecule has 0 aromatic heterocycles. The van der Waals surface area contributed by atoms with Gasteiger partial charge in [0.25, 0.3) is 0 Å². The van der Waals surface area contributed by atoms with Gasteiger partial charge in [-0.05, 0) is 50.5 Å². The smallest absolute Gasteiger partial charge is 0.119 e. The van der Waals surface area contributed by atoms with Gasteiger partial charge in [0.15, 0.2) is 0 Å². The highest BCUT2D eigenvalue weighted by Gasteiger charge is 1.99. The first-order chi connectivity index (χ1) is 7.09. The zero-order valence-corrected chi connectivity index (χ0v) is 10.1. The minimum atomic E-state index is 0.251. The van der Waals surface area contributed by atoms with Crippen LogP contribution < -0.4 is 10.5 Å². The van der Waals surface area contributed by atoms with E-state index in [1.807, 2.05) is 32.0 Å². The highest BCUT2D eigenvalue weighted by Crippen LogP contribution is 2.21. The highest BCUT2D eigenvalue weighted by atomic mass is 35.5. The number of halogens is 1. The molecule has 0 saturated heterocycles. The van der Waals surface area contributed by atoms with Crippen LogP contribution in [0.25, 0.3) is 0 Å². The Bertz CT molecular complexity index is 312. The minimum Gasteiger partial charge on any atom is -0.494 e. The van der Waals surface area contributed by atoms with E-state index in [9.17, 15) is 0 Å². The lowest BCUT2D eigenvalue weighted by Gasteiger charge is -2.08. The summed E-state index contributed by atoms with van der Waals surface area (Å²) in [5.74, 6) is 0.876. The van der Waals surface area contributed by atoms with E-state index < -0.39 is 0 Å². The fourth-order valence-electron chi connectivity index (χ4n) is 1.30. The van der Waals surface area contributed by atoms with Gasteiger partial charge in [0.05, 0.1) is 6.61 Å². The van der Waals surface area contributed by atoms with Crippen LogP contribution in [0.5, 0.6) is 5.75 Å². The maximum atomic E-state index is 5.91. The summed E-state index contributed by atoms with van der Waals surface area (Å²) < 4.78 is 5.58. The molecule has 0 aliphatic carbocycles. The molecule has 84 valence electrons. The summed E-state index contributed by atoms with van der Waals surface area (Å²) in [5, 5.41) is 0.776. The summed E-state index contributed by atoms with van der Waals surface area (Å²) >= 11 is 5.91. The standard InChI is InChI=1S/C12H18ClNO/c1-9-8-11(5-6-12(9)13)15-7-3-4-10(2)14/h5-6,8,10H,3-4,7,14H2,1-2H3. The van der Waals surface area contributed by atoms with E-state index in [0.717, 1.165) is 29.2 Å². The number of rotatable bonds is 5. The van der Waals surface area contributed by atoms with Crippen molar-refractivity contribution >= 4 is 11.6 Å². The van der Waals surface area contributed by atoms with Crippen molar-refractivity contribution in [1.29, 1.82) is 0 Å². The monoisotopic (exact) mass is 227 g/mol. The molecule has 1 rings (SSSR count). The van der Waals surface area contributed by atoms with Crippen LogP contribution in [0.1, 0.15) is 25.3 Å². The van der Waals surface area contributed by atoms with Gasteiger partial charge < -0.3 is 10.5 Å². The highest BCUT2D eigenvalue weighted by molar-refractivity contribution is 6.31. The average molecular weight is 228 g/mol. The molecule has 0 heterocycles. The molecule has 1 aromatic carbocycles. The number of nitrogens with two attached hydrogens (primary N) is 1.